The number of Topliss-reactive ketones (excluding diaryl/α,β-unsaturated/α-hetero) is 1. The molecule has 0 saturated carbocycles. The Morgan fingerprint density at radius 2 is 1.42 bits per heavy atom. The van der Waals surface area contributed by atoms with Crippen molar-refractivity contribution < 1.29 is 24.3 Å². The molecule has 14 N–H and O–H groups in total. The van der Waals surface area contributed by atoms with Gasteiger partial charge >= 0.3 is 0 Å². The van der Waals surface area contributed by atoms with Crippen molar-refractivity contribution in [2.45, 2.75) is 63.2 Å². The average Bonchev–Trinajstić information content (AvgIpc) is 3.48. The van der Waals surface area contributed by atoms with Crippen LogP contribution in [0.25, 0.3) is 10.2 Å². The largest absolute Gasteiger partial charge is 0.508 e. The van der Waals surface area contributed by atoms with E-state index in [1.54, 1.807) is 18.2 Å². The molecule has 3 aromatic rings. The lowest BCUT2D eigenvalue weighted by molar-refractivity contribution is -0.132. The minimum atomic E-state index is -1.12. The number of ketones is 1. The second kappa shape index (κ2) is 18.2. The number of phenols is 1. The number of thiazole rings is 1. The predicted octanol–water partition coefficient (Wildman–Crippen LogP) is -0.664. The quantitative estimate of drug-likeness (QED) is 0.0351. The van der Waals surface area contributed by atoms with Gasteiger partial charge in [0.1, 0.15) is 17.8 Å². The Balaban J connectivity index is 1.72. The summed E-state index contributed by atoms with van der Waals surface area (Å²) < 4.78 is 0.822. The van der Waals surface area contributed by atoms with E-state index in [-0.39, 0.29) is 60.8 Å². The van der Waals surface area contributed by atoms with Crippen molar-refractivity contribution in [3.05, 3.63) is 59.1 Å². The number of nitrogens with two attached hydrogens (primary N) is 5. The number of phenolic OH excluding ortho intramolecular Hbond substituents is 1. The molecule has 0 bridgehead atoms. The number of aliphatic imine (C=N–C) groups is 2. The first kappa shape index (κ1) is 37.2. The average molecular weight is 682 g/mol. The molecule has 258 valence electrons. The highest BCUT2D eigenvalue weighted by Crippen LogP contribution is 2.23. The van der Waals surface area contributed by atoms with E-state index in [4.69, 9.17) is 28.7 Å². The Morgan fingerprint density at radius 3 is 2.04 bits per heavy atom. The number of carbonyl (C=O) groups excluding carboxylic acids is 4. The SMILES string of the molecule is C[C@H](NC(=O)[C@H](Cc1ccc(O)cc1)NC(=O)[C@@H](N)CCCN=C(N)N)C(=O)N[C@@H](CCCN=C(N)N)C(=O)c1nc2ccccc2s1. The fraction of sp³-hybridized carbons (Fsp3) is 0.387. The zero-order chi connectivity index (χ0) is 35.2. The van der Waals surface area contributed by atoms with Crippen molar-refractivity contribution in [1.82, 2.24) is 20.9 Å². The Bertz CT molecular complexity index is 1590. The third-order valence-electron chi connectivity index (χ3n) is 7.15. The summed E-state index contributed by atoms with van der Waals surface area (Å²) in [7, 11) is 0. The second-order valence-corrected chi connectivity index (χ2v) is 12.1. The number of hydrogen-bond donors (Lipinski definition) is 9. The zero-order valence-electron chi connectivity index (χ0n) is 26.6. The molecule has 0 unspecified atom stereocenters. The number of fused-ring (bicyclic) bond motifs is 1. The molecule has 0 fully saturated rings. The molecule has 4 atom stereocenters. The fourth-order valence-electron chi connectivity index (χ4n) is 4.58. The first-order valence-electron chi connectivity index (χ1n) is 15.3. The molecule has 1 aromatic heterocycles. The molecule has 3 rings (SSSR count). The number of guanidine groups is 2. The van der Waals surface area contributed by atoms with Crippen LogP contribution in [0.5, 0.6) is 5.75 Å². The van der Waals surface area contributed by atoms with Crippen LogP contribution in [0, 0.1) is 0 Å². The van der Waals surface area contributed by atoms with E-state index in [9.17, 15) is 24.3 Å². The number of amides is 3. The Hall–Kier alpha value is -5.29. The predicted molar refractivity (Wildman–Crippen MR) is 185 cm³/mol. The lowest BCUT2D eigenvalue weighted by Gasteiger charge is -2.24. The van der Waals surface area contributed by atoms with E-state index in [0.29, 0.717) is 23.9 Å². The summed E-state index contributed by atoms with van der Waals surface area (Å²) >= 11 is 1.21. The first-order valence-corrected chi connectivity index (χ1v) is 16.1. The smallest absolute Gasteiger partial charge is 0.243 e. The van der Waals surface area contributed by atoms with Gasteiger partial charge in [-0.1, -0.05) is 24.3 Å². The number of aromatic hydroxyl groups is 1. The van der Waals surface area contributed by atoms with Crippen LogP contribution in [0.2, 0.25) is 0 Å². The van der Waals surface area contributed by atoms with Gasteiger partial charge in [-0.05, 0) is 62.4 Å². The topological polar surface area (TPSA) is 292 Å². The van der Waals surface area contributed by atoms with Crippen molar-refractivity contribution in [3.8, 4) is 5.75 Å². The molecule has 0 aliphatic heterocycles. The van der Waals surface area contributed by atoms with Crippen LogP contribution >= 0.6 is 11.3 Å². The van der Waals surface area contributed by atoms with Gasteiger partial charge in [0.15, 0.2) is 16.9 Å². The van der Waals surface area contributed by atoms with Crippen molar-refractivity contribution in [3.63, 3.8) is 0 Å². The zero-order valence-corrected chi connectivity index (χ0v) is 27.4. The molecule has 2 aromatic carbocycles. The van der Waals surface area contributed by atoms with E-state index in [1.807, 2.05) is 18.2 Å². The normalized spacial score (nSPS) is 13.4. The van der Waals surface area contributed by atoms with Crippen LogP contribution in [0.1, 0.15) is 48.0 Å². The van der Waals surface area contributed by atoms with Gasteiger partial charge in [-0.2, -0.15) is 0 Å². The molecular formula is C31H43N11O5S. The third-order valence-corrected chi connectivity index (χ3v) is 8.20. The van der Waals surface area contributed by atoms with Crippen LogP contribution in [0.4, 0.5) is 0 Å². The molecule has 16 nitrogen and oxygen atoms in total. The Kier molecular flexibility index (Phi) is 14.1. The molecule has 3 amide bonds. The number of carbonyl (C=O) groups is 4. The molecular weight excluding hydrogens is 638 g/mol. The summed E-state index contributed by atoms with van der Waals surface area (Å²) in [6, 6.07) is 9.25. The number of nitrogens with one attached hydrogen (secondary N) is 3. The Labute approximate surface area is 281 Å². The first-order chi connectivity index (χ1) is 22.8. The molecule has 17 heteroatoms. The monoisotopic (exact) mass is 681 g/mol. The van der Waals surface area contributed by atoms with Crippen molar-refractivity contribution in [1.29, 1.82) is 0 Å². The number of aromatic nitrogens is 1. The summed E-state index contributed by atoms with van der Waals surface area (Å²) in [5.41, 5.74) is 28.8. The second-order valence-electron chi connectivity index (χ2n) is 11.1. The summed E-state index contributed by atoms with van der Waals surface area (Å²) in [6.07, 6.45) is 1.31. The highest BCUT2D eigenvalue weighted by atomic mass is 32.1. The summed E-state index contributed by atoms with van der Waals surface area (Å²) in [4.78, 5) is 65.6. The van der Waals surface area contributed by atoms with E-state index in [0.717, 1.165) is 4.70 Å². The molecule has 0 aliphatic carbocycles. The van der Waals surface area contributed by atoms with Crippen LogP contribution in [0.15, 0.2) is 58.5 Å². The van der Waals surface area contributed by atoms with Crippen LogP contribution in [-0.4, -0.2) is 82.8 Å². The van der Waals surface area contributed by atoms with Crippen LogP contribution in [-0.2, 0) is 20.8 Å². The van der Waals surface area contributed by atoms with Gasteiger partial charge in [-0.3, -0.25) is 29.2 Å². The number of benzene rings is 2. The van der Waals surface area contributed by atoms with Gasteiger partial charge in [0, 0.05) is 19.5 Å². The maximum Gasteiger partial charge on any atom is 0.243 e. The van der Waals surface area contributed by atoms with Crippen molar-refractivity contribution >= 4 is 57.0 Å². The van der Waals surface area contributed by atoms with Gasteiger partial charge < -0.3 is 49.7 Å². The number of nitrogens with zero attached hydrogens (tertiary/aromatic N) is 3. The Morgan fingerprint density at radius 1 is 0.812 bits per heavy atom. The number of hydrogen-bond acceptors (Lipinski definition) is 10. The van der Waals surface area contributed by atoms with Gasteiger partial charge in [-0.25, -0.2) is 4.98 Å². The minimum Gasteiger partial charge on any atom is -0.508 e. The van der Waals surface area contributed by atoms with Crippen LogP contribution in [0.3, 0.4) is 0 Å². The van der Waals surface area contributed by atoms with Gasteiger partial charge in [-0.15, -0.1) is 11.3 Å². The van der Waals surface area contributed by atoms with Gasteiger partial charge in [0.25, 0.3) is 0 Å². The molecule has 1 heterocycles. The summed E-state index contributed by atoms with van der Waals surface area (Å²) in [5, 5.41) is 17.9. The molecule has 48 heavy (non-hydrogen) atoms. The number of rotatable bonds is 18. The van der Waals surface area contributed by atoms with Crippen molar-refractivity contribution in [2.75, 3.05) is 13.1 Å². The maximum absolute atomic E-state index is 13.5. The third kappa shape index (κ3) is 11.8. The van der Waals surface area contributed by atoms with Gasteiger partial charge in [0.05, 0.1) is 22.3 Å². The lowest BCUT2D eigenvalue weighted by Crippen LogP contribution is -2.56. The summed E-state index contributed by atoms with van der Waals surface area (Å²) in [6.45, 7) is 1.98. The van der Waals surface area contributed by atoms with E-state index in [1.165, 1.54) is 30.4 Å². The van der Waals surface area contributed by atoms with E-state index < -0.39 is 41.9 Å². The van der Waals surface area contributed by atoms with Crippen molar-refractivity contribution in [2.24, 2.45) is 38.7 Å². The van der Waals surface area contributed by atoms with E-state index in [2.05, 4.69) is 30.9 Å². The number of para-hydroxylation sites is 1. The van der Waals surface area contributed by atoms with E-state index >= 15 is 0 Å². The van der Waals surface area contributed by atoms with Crippen LogP contribution < -0.4 is 44.6 Å². The molecule has 0 aliphatic rings. The highest BCUT2D eigenvalue weighted by molar-refractivity contribution is 7.20. The van der Waals surface area contributed by atoms with Gasteiger partial charge in [0.2, 0.25) is 23.5 Å². The molecule has 0 radical (unpaired) electrons. The highest BCUT2D eigenvalue weighted by Gasteiger charge is 2.30. The maximum atomic E-state index is 13.5. The standard InChI is InChI=1S/C31H43N11O5S/c1-17(26(45)40-22(8-5-15-38-31(35)36)25(44)29-42-21-7-2-3-9-24(21)48-29)39-28(47)23(16-18-10-12-19(43)13-11-18)41-27(46)20(32)6-4-14-37-30(33)34/h2-3,7,9-13,17,20,22-23,43H,4-6,8,14-16,32H2,1H3,(H,39,47)(H,40,45)(H,41,46)(H4,33,34,37)(H4,35,36,38)/t17-,20-,22-,23-/m0/s1. The minimum absolute atomic E-state index is 0.0325. The fourth-order valence-corrected chi connectivity index (χ4v) is 5.54. The summed E-state index contributed by atoms with van der Waals surface area (Å²) in [5.74, 6) is -2.40. The lowest BCUT2D eigenvalue weighted by atomic mass is 10.0. The molecule has 0 spiro atoms. The molecule has 0 saturated heterocycles.